The number of aliphatic hydroxyl groups excluding tert-OH is 1. The molecule has 0 aliphatic heterocycles. The smallest absolute Gasteiger partial charge is 0.119 e. The second-order valence-corrected chi connectivity index (χ2v) is 6.13. The number of rotatable bonds is 9. The summed E-state index contributed by atoms with van der Waals surface area (Å²) in [6.45, 7) is 1.38. The summed E-state index contributed by atoms with van der Waals surface area (Å²) in [5, 5.41) is 8.93. The van der Waals surface area contributed by atoms with Gasteiger partial charge in [-0.25, -0.2) is 0 Å². The van der Waals surface area contributed by atoms with Crippen LogP contribution in [0.1, 0.15) is 16.7 Å². The highest BCUT2D eigenvalue weighted by atomic mass is 16.5. The molecule has 0 radical (unpaired) electrons. The third-order valence-electron chi connectivity index (χ3n) is 4.15. The van der Waals surface area contributed by atoms with E-state index in [9.17, 15) is 0 Å². The van der Waals surface area contributed by atoms with E-state index in [0.29, 0.717) is 19.6 Å². The van der Waals surface area contributed by atoms with E-state index in [0.717, 1.165) is 29.0 Å². The summed E-state index contributed by atoms with van der Waals surface area (Å²) in [6, 6.07) is 26.2. The Morgan fingerprint density at radius 2 is 1.15 bits per heavy atom. The van der Waals surface area contributed by atoms with Crippen molar-refractivity contribution in [2.45, 2.75) is 19.4 Å². The third-order valence-corrected chi connectivity index (χ3v) is 4.15. The largest absolute Gasteiger partial charge is 0.493 e. The predicted octanol–water partition coefficient (Wildman–Crippen LogP) is 4.42. The zero-order valence-electron chi connectivity index (χ0n) is 14.8. The molecule has 0 fully saturated rings. The van der Waals surface area contributed by atoms with Crippen molar-refractivity contribution >= 4 is 0 Å². The second kappa shape index (κ2) is 9.64. The maximum Gasteiger partial charge on any atom is 0.119 e. The first-order chi connectivity index (χ1) is 12.8. The first-order valence-corrected chi connectivity index (χ1v) is 8.92. The zero-order chi connectivity index (χ0) is 18.0. The number of hydrogen-bond donors (Lipinski definition) is 1. The van der Waals surface area contributed by atoms with Crippen molar-refractivity contribution in [3.8, 4) is 11.5 Å². The maximum absolute atomic E-state index is 8.93. The highest BCUT2D eigenvalue weighted by Gasteiger charge is 1.99. The van der Waals surface area contributed by atoms with Gasteiger partial charge in [-0.3, -0.25) is 0 Å². The lowest BCUT2D eigenvalue weighted by molar-refractivity contribution is 0.299. The van der Waals surface area contributed by atoms with E-state index in [1.807, 2.05) is 54.6 Å². The summed E-state index contributed by atoms with van der Waals surface area (Å²) >= 11 is 0. The number of benzene rings is 3. The molecule has 134 valence electrons. The van der Waals surface area contributed by atoms with Crippen LogP contribution in [0.2, 0.25) is 0 Å². The number of hydrogen-bond acceptors (Lipinski definition) is 3. The highest BCUT2D eigenvalue weighted by Crippen LogP contribution is 2.16. The Hall–Kier alpha value is -2.78. The Balaban J connectivity index is 1.42. The molecule has 3 nitrogen and oxygen atoms in total. The fourth-order valence-electron chi connectivity index (χ4n) is 2.66. The first kappa shape index (κ1) is 18.0. The van der Waals surface area contributed by atoms with Gasteiger partial charge in [0.2, 0.25) is 0 Å². The van der Waals surface area contributed by atoms with E-state index in [2.05, 4.69) is 24.3 Å². The van der Waals surface area contributed by atoms with Crippen LogP contribution in [-0.4, -0.2) is 18.3 Å². The van der Waals surface area contributed by atoms with Crippen LogP contribution in [-0.2, 0) is 19.4 Å². The molecule has 0 unspecified atom stereocenters. The van der Waals surface area contributed by atoms with Crippen LogP contribution in [0.3, 0.4) is 0 Å². The Morgan fingerprint density at radius 3 is 1.77 bits per heavy atom. The van der Waals surface area contributed by atoms with Crippen LogP contribution in [0, 0.1) is 0 Å². The molecule has 0 amide bonds. The molecule has 3 aromatic rings. The van der Waals surface area contributed by atoms with Gasteiger partial charge in [-0.15, -0.1) is 0 Å². The summed E-state index contributed by atoms with van der Waals surface area (Å²) in [5.74, 6) is 1.73. The lowest BCUT2D eigenvalue weighted by Gasteiger charge is -2.09. The lowest BCUT2D eigenvalue weighted by atomic mass is 10.1. The van der Waals surface area contributed by atoms with Crippen molar-refractivity contribution < 1.29 is 14.6 Å². The van der Waals surface area contributed by atoms with Crippen molar-refractivity contribution in [1.29, 1.82) is 0 Å². The van der Waals surface area contributed by atoms with Crippen molar-refractivity contribution in [2.75, 3.05) is 13.2 Å². The van der Waals surface area contributed by atoms with E-state index in [-0.39, 0.29) is 6.61 Å². The van der Waals surface area contributed by atoms with E-state index < -0.39 is 0 Å². The van der Waals surface area contributed by atoms with Gasteiger partial charge < -0.3 is 14.6 Å². The molecule has 0 spiro atoms. The molecule has 26 heavy (non-hydrogen) atoms. The van der Waals surface area contributed by atoms with Crippen molar-refractivity contribution in [3.63, 3.8) is 0 Å². The average Bonchev–Trinajstić information content (AvgIpc) is 2.70. The fraction of sp³-hybridized carbons (Fsp3) is 0.217. The molecule has 0 bridgehead atoms. The molecule has 0 heterocycles. The molecule has 3 heteroatoms. The van der Waals surface area contributed by atoms with Crippen LogP contribution >= 0.6 is 0 Å². The Labute approximate surface area is 154 Å². The van der Waals surface area contributed by atoms with Gasteiger partial charge in [0.05, 0.1) is 6.61 Å². The van der Waals surface area contributed by atoms with E-state index in [1.165, 1.54) is 5.56 Å². The average molecular weight is 348 g/mol. The fourth-order valence-corrected chi connectivity index (χ4v) is 2.66. The van der Waals surface area contributed by atoms with Gasteiger partial charge in [0.25, 0.3) is 0 Å². The van der Waals surface area contributed by atoms with Gasteiger partial charge in [-0.05, 0) is 47.4 Å². The molecule has 0 aliphatic rings. The number of aliphatic hydroxyl groups is 1. The third kappa shape index (κ3) is 5.64. The van der Waals surface area contributed by atoms with Gasteiger partial charge in [0.1, 0.15) is 18.1 Å². The minimum Gasteiger partial charge on any atom is -0.493 e. The van der Waals surface area contributed by atoms with Crippen LogP contribution in [0.5, 0.6) is 11.5 Å². The zero-order valence-corrected chi connectivity index (χ0v) is 14.8. The monoisotopic (exact) mass is 348 g/mol. The van der Waals surface area contributed by atoms with E-state index in [1.54, 1.807) is 0 Å². The van der Waals surface area contributed by atoms with Crippen LogP contribution in [0.4, 0.5) is 0 Å². The minimum absolute atomic E-state index is 0.172. The Bertz CT molecular complexity index is 765. The first-order valence-electron chi connectivity index (χ1n) is 8.92. The summed E-state index contributed by atoms with van der Waals surface area (Å²) in [4.78, 5) is 0. The highest BCUT2D eigenvalue weighted by molar-refractivity contribution is 5.29. The molecule has 0 atom stereocenters. The van der Waals surface area contributed by atoms with Crippen molar-refractivity contribution in [1.82, 2.24) is 0 Å². The van der Waals surface area contributed by atoms with E-state index >= 15 is 0 Å². The van der Waals surface area contributed by atoms with Crippen molar-refractivity contribution in [2.24, 2.45) is 0 Å². The molecule has 3 aromatic carbocycles. The van der Waals surface area contributed by atoms with Gasteiger partial charge in [0.15, 0.2) is 0 Å². The van der Waals surface area contributed by atoms with E-state index in [4.69, 9.17) is 14.6 Å². The van der Waals surface area contributed by atoms with Gasteiger partial charge in [0, 0.05) is 13.0 Å². The molecule has 0 aromatic heterocycles. The van der Waals surface area contributed by atoms with Crippen molar-refractivity contribution in [3.05, 3.63) is 95.6 Å². The predicted molar refractivity (Wildman–Crippen MR) is 104 cm³/mol. The summed E-state index contributed by atoms with van der Waals surface area (Å²) in [5.41, 5.74) is 3.50. The quantitative estimate of drug-likeness (QED) is 0.622. The standard InChI is InChI=1S/C23H24O3/c24-16-14-19-6-10-22(11-7-19)25-17-15-20-8-12-23(13-9-20)26-18-21-4-2-1-3-5-21/h1-13,24H,14-18H2. The Kier molecular flexibility index (Phi) is 6.68. The minimum atomic E-state index is 0.172. The summed E-state index contributed by atoms with van der Waals surface area (Å²) in [7, 11) is 0. The molecule has 0 aliphatic carbocycles. The van der Waals surface area contributed by atoms with Crippen LogP contribution in [0.25, 0.3) is 0 Å². The lowest BCUT2D eigenvalue weighted by Crippen LogP contribution is -2.02. The second-order valence-electron chi connectivity index (χ2n) is 6.13. The topological polar surface area (TPSA) is 38.7 Å². The molecule has 0 saturated carbocycles. The molecule has 1 N–H and O–H groups in total. The van der Waals surface area contributed by atoms with Gasteiger partial charge >= 0.3 is 0 Å². The molecule has 3 rings (SSSR count). The Morgan fingerprint density at radius 1 is 0.577 bits per heavy atom. The molecular weight excluding hydrogens is 324 g/mol. The SMILES string of the molecule is OCCc1ccc(OCCc2ccc(OCc3ccccc3)cc2)cc1. The van der Waals surface area contributed by atoms with Gasteiger partial charge in [-0.2, -0.15) is 0 Å². The van der Waals surface area contributed by atoms with Gasteiger partial charge in [-0.1, -0.05) is 54.6 Å². The maximum atomic E-state index is 8.93. The number of ether oxygens (including phenoxy) is 2. The molecular formula is C23H24O3. The van der Waals surface area contributed by atoms with Crippen LogP contribution in [0.15, 0.2) is 78.9 Å². The molecule has 0 saturated heterocycles. The summed E-state index contributed by atoms with van der Waals surface area (Å²) < 4.78 is 11.6. The normalized spacial score (nSPS) is 10.5. The van der Waals surface area contributed by atoms with Crippen LogP contribution < -0.4 is 9.47 Å². The summed E-state index contributed by atoms with van der Waals surface area (Å²) in [6.07, 6.45) is 1.52.